The number of rotatable bonds is 6. The van der Waals surface area contributed by atoms with E-state index < -0.39 is 15.7 Å². The van der Waals surface area contributed by atoms with E-state index in [4.69, 9.17) is 26.7 Å². The fraction of sp³-hybridized carbons (Fsp3) is 0.118. The molecule has 0 saturated carbocycles. The van der Waals surface area contributed by atoms with Gasteiger partial charge in [0.1, 0.15) is 18.2 Å². The van der Waals surface area contributed by atoms with Crippen LogP contribution in [0.2, 0.25) is 5.02 Å². The number of ether oxygens (including phenoxy) is 1. The third kappa shape index (κ3) is 4.65. The van der Waals surface area contributed by atoms with Crippen LogP contribution in [-0.4, -0.2) is 30.8 Å². The van der Waals surface area contributed by atoms with Crippen molar-refractivity contribution in [1.29, 1.82) is 0 Å². The van der Waals surface area contributed by atoms with Crippen molar-refractivity contribution in [3.05, 3.63) is 64.7 Å². The van der Waals surface area contributed by atoms with E-state index in [0.717, 1.165) is 6.26 Å². The molecule has 2 N–H and O–H groups in total. The second-order valence-corrected chi connectivity index (χ2v) is 8.11. The van der Waals surface area contributed by atoms with Crippen molar-refractivity contribution in [2.24, 2.45) is 10.7 Å². The van der Waals surface area contributed by atoms with E-state index in [1.165, 1.54) is 42.5 Å². The first-order chi connectivity index (χ1) is 13.2. The maximum Gasteiger partial charge on any atom is 0.176 e. The Morgan fingerprint density at radius 2 is 1.96 bits per heavy atom. The van der Waals surface area contributed by atoms with Crippen LogP contribution in [0.15, 0.2) is 57.0 Å². The average Bonchev–Trinajstić information content (AvgIpc) is 3.11. The number of nitrogens with zero attached hydrogens (tertiary/aromatic N) is 3. The number of nitrogens with two attached hydrogens (primary N) is 1. The smallest absolute Gasteiger partial charge is 0.176 e. The molecule has 3 rings (SSSR count). The highest BCUT2D eigenvalue weighted by molar-refractivity contribution is 7.90. The van der Waals surface area contributed by atoms with Crippen LogP contribution < -0.4 is 10.5 Å². The minimum absolute atomic E-state index is 0.0186. The van der Waals surface area contributed by atoms with Gasteiger partial charge < -0.3 is 10.5 Å². The Bertz CT molecular complexity index is 1130. The number of aliphatic imine (C=N–C) groups is 1. The maximum atomic E-state index is 13.2. The number of amidine groups is 1. The highest BCUT2D eigenvalue weighted by atomic mass is 35.5. The van der Waals surface area contributed by atoms with Gasteiger partial charge in [-0.1, -0.05) is 16.8 Å². The van der Waals surface area contributed by atoms with Crippen LogP contribution in [0.25, 0.3) is 0 Å². The fourth-order valence-corrected chi connectivity index (χ4v) is 2.98. The molecule has 2 aromatic carbocycles. The highest BCUT2D eigenvalue weighted by Gasteiger charge is 2.15. The third-order valence-electron chi connectivity index (χ3n) is 3.58. The predicted molar refractivity (Wildman–Crippen MR) is 100.0 cm³/mol. The average molecular weight is 425 g/mol. The molecule has 11 heteroatoms. The SMILES string of the molecule is CS(=O)(=O)c1ccc(OCc2nonc2C(N)=Nc2ccc(F)c(Cl)c2)cc1. The topological polar surface area (TPSA) is 121 Å². The molecule has 8 nitrogen and oxygen atoms in total. The van der Waals surface area contributed by atoms with Crippen molar-refractivity contribution in [3.8, 4) is 5.75 Å². The van der Waals surface area contributed by atoms with Crippen molar-refractivity contribution >= 4 is 33.0 Å². The minimum atomic E-state index is -3.29. The quantitative estimate of drug-likeness (QED) is 0.477. The fourth-order valence-electron chi connectivity index (χ4n) is 2.18. The summed E-state index contributed by atoms with van der Waals surface area (Å²) in [7, 11) is -3.29. The van der Waals surface area contributed by atoms with Crippen LogP contribution in [0.3, 0.4) is 0 Å². The van der Waals surface area contributed by atoms with Gasteiger partial charge in [0, 0.05) is 6.26 Å². The molecule has 0 aliphatic rings. The van der Waals surface area contributed by atoms with E-state index in [-0.39, 0.29) is 33.7 Å². The summed E-state index contributed by atoms with van der Waals surface area (Å²) in [6.45, 7) is -0.0442. The molecule has 0 unspecified atom stereocenters. The van der Waals surface area contributed by atoms with Gasteiger partial charge >= 0.3 is 0 Å². The summed E-state index contributed by atoms with van der Waals surface area (Å²) < 4.78 is 46.4. The summed E-state index contributed by atoms with van der Waals surface area (Å²) in [5.41, 5.74) is 6.69. The molecule has 0 saturated heterocycles. The number of sulfone groups is 1. The standard InChI is InChI=1S/C17H14ClFN4O4S/c1-28(24,25)12-5-3-11(4-6-12)26-9-15-16(23-27-22-15)17(20)21-10-2-7-14(19)13(18)8-10/h2-8H,9H2,1H3,(H2,20,21). The molecule has 0 atom stereocenters. The third-order valence-corrected chi connectivity index (χ3v) is 5.00. The van der Waals surface area contributed by atoms with Crippen molar-refractivity contribution < 1.29 is 22.2 Å². The molecule has 0 amide bonds. The first-order valence-electron chi connectivity index (χ1n) is 7.78. The molecule has 0 aliphatic heterocycles. The molecule has 1 heterocycles. The van der Waals surface area contributed by atoms with Gasteiger partial charge in [-0.2, -0.15) is 0 Å². The molecule has 3 aromatic rings. The van der Waals surface area contributed by atoms with Crippen molar-refractivity contribution in [2.45, 2.75) is 11.5 Å². The molecule has 0 spiro atoms. The predicted octanol–water partition coefficient (Wildman–Crippen LogP) is 2.88. The molecule has 0 fully saturated rings. The maximum absolute atomic E-state index is 13.2. The highest BCUT2D eigenvalue weighted by Crippen LogP contribution is 2.22. The van der Waals surface area contributed by atoms with Gasteiger partial charge in [-0.05, 0) is 47.6 Å². The lowest BCUT2D eigenvalue weighted by molar-refractivity contribution is 0.270. The second-order valence-electron chi connectivity index (χ2n) is 5.69. The Kier molecular flexibility index (Phi) is 5.61. The summed E-state index contributed by atoms with van der Waals surface area (Å²) in [6.07, 6.45) is 1.12. The number of hydrogen-bond acceptors (Lipinski definition) is 7. The summed E-state index contributed by atoms with van der Waals surface area (Å²) in [5.74, 6) is -0.171. The Hall–Kier alpha value is -2.98. The van der Waals surface area contributed by atoms with Gasteiger partial charge in [0.25, 0.3) is 0 Å². The van der Waals surface area contributed by atoms with Gasteiger partial charge in [0.2, 0.25) is 0 Å². The van der Waals surface area contributed by atoms with Gasteiger partial charge in [-0.3, -0.25) is 0 Å². The van der Waals surface area contributed by atoms with E-state index in [9.17, 15) is 12.8 Å². The van der Waals surface area contributed by atoms with E-state index in [2.05, 4.69) is 15.3 Å². The molecule has 146 valence electrons. The first-order valence-corrected chi connectivity index (χ1v) is 10.0. The zero-order chi connectivity index (χ0) is 20.3. The van der Waals surface area contributed by atoms with Crippen LogP contribution in [0.4, 0.5) is 10.1 Å². The lowest BCUT2D eigenvalue weighted by Crippen LogP contribution is -2.16. The van der Waals surface area contributed by atoms with Crippen molar-refractivity contribution in [3.63, 3.8) is 0 Å². The van der Waals surface area contributed by atoms with E-state index in [1.807, 2.05) is 0 Å². The van der Waals surface area contributed by atoms with Gasteiger partial charge in [0.05, 0.1) is 15.6 Å². The first kappa shape index (κ1) is 19.8. The number of halogens is 2. The van der Waals surface area contributed by atoms with E-state index in [0.29, 0.717) is 11.4 Å². The lowest BCUT2D eigenvalue weighted by atomic mass is 10.3. The zero-order valence-corrected chi connectivity index (χ0v) is 16.0. The minimum Gasteiger partial charge on any atom is -0.487 e. The van der Waals surface area contributed by atoms with Crippen LogP contribution in [-0.2, 0) is 16.4 Å². The van der Waals surface area contributed by atoms with E-state index >= 15 is 0 Å². The summed E-state index contributed by atoms with van der Waals surface area (Å²) in [4.78, 5) is 4.29. The normalized spacial score (nSPS) is 12.2. The van der Waals surface area contributed by atoms with Crippen molar-refractivity contribution in [1.82, 2.24) is 10.3 Å². The molecular weight excluding hydrogens is 411 g/mol. The Morgan fingerprint density at radius 1 is 1.25 bits per heavy atom. The summed E-state index contributed by atoms with van der Waals surface area (Å²) in [6, 6.07) is 9.78. The molecule has 0 bridgehead atoms. The monoisotopic (exact) mass is 424 g/mol. The summed E-state index contributed by atoms with van der Waals surface area (Å²) in [5, 5.41) is 7.34. The van der Waals surface area contributed by atoms with Gasteiger partial charge in [-0.15, -0.1) is 0 Å². The Morgan fingerprint density at radius 3 is 2.61 bits per heavy atom. The number of aromatic nitrogens is 2. The van der Waals surface area contributed by atoms with Crippen molar-refractivity contribution in [2.75, 3.05) is 6.26 Å². The van der Waals surface area contributed by atoms with Crippen LogP contribution >= 0.6 is 11.6 Å². The van der Waals surface area contributed by atoms with Crippen LogP contribution in [0.5, 0.6) is 5.75 Å². The van der Waals surface area contributed by atoms with Gasteiger partial charge in [0.15, 0.2) is 27.1 Å². The lowest BCUT2D eigenvalue weighted by Gasteiger charge is -2.06. The van der Waals surface area contributed by atoms with E-state index in [1.54, 1.807) is 0 Å². The molecule has 0 aliphatic carbocycles. The van der Waals surface area contributed by atoms with Gasteiger partial charge in [-0.25, -0.2) is 22.4 Å². The molecule has 1 aromatic heterocycles. The van der Waals surface area contributed by atoms with Crippen LogP contribution in [0.1, 0.15) is 11.4 Å². The molecule has 28 heavy (non-hydrogen) atoms. The molecule has 0 radical (unpaired) electrons. The second kappa shape index (κ2) is 7.95. The number of benzene rings is 2. The summed E-state index contributed by atoms with van der Waals surface area (Å²) >= 11 is 5.72. The molecular formula is C17H14ClFN4O4S. The Balaban J connectivity index is 1.74. The number of hydrogen-bond donors (Lipinski definition) is 1. The zero-order valence-electron chi connectivity index (χ0n) is 14.5. The van der Waals surface area contributed by atoms with Crippen LogP contribution in [0, 0.1) is 5.82 Å². The Labute approximate surface area is 164 Å². The largest absolute Gasteiger partial charge is 0.487 e.